The summed E-state index contributed by atoms with van der Waals surface area (Å²) in [5.41, 5.74) is 7.66. The number of hydrogen-bond acceptors (Lipinski definition) is 3. The van der Waals surface area contributed by atoms with Crippen molar-refractivity contribution in [2.24, 2.45) is 5.10 Å². The van der Waals surface area contributed by atoms with E-state index in [1.54, 1.807) is 12.3 Å². The lowest BCUT2D eigenvalue weighted by Crippen LogP contribution is -2.18. The van der Waals surface area contributed by atoms with Crippen molar-refractivity contribution in [3.63, 3.8) is 0 Å². The Labute approximate surface area is 169 Å². The van der Waals surface area contributed by atoms with Gasteiger partial charge in [0.15, 0.2) is 0 Å². The van der Waals surface area contributed by atoms with E-state index in [1.165, 1.54) is 0 Å². The highest BCUT2D eigenvalue weighted by Crippen LogP contribution is 2.22. The minimum Gasteiger partial charge on any atom is -0.267 e. The maximum atomic E-state index is 12.4. The molecule has 1 aromatic heterocycles. The molecule has 5 nitrogen and oxygen atoms in total. The van der Waals surface area contributed by atoms with Crippen molar-refractivity contribution in [1.29, 1.82) is 0 Å². The van der Waals surface area contributed by atoms with Crippen molar-refractivity contribution >= 4 is 12.1 Å². The van der Waals surface area contributed by atoms with Crippen LogP contribution >= 0.6 is 0 Å². The van der Waals surface area contributed by atoms with Crippen LogP contribution in [-0.4, -0.2) is 21.9 Å². The largest absolute Gasteiger partial charge is 0.271 e. The number of aryl methyl sites for hydroxylation is 1. The number of nitrogens with one attached hydrogen (secondary N) is 1. The van der Waals surface area contributed by atoms with E-state index >= 15 is 0 Å². The second kappa shape index (κ2) is 8.35. The highest BCUT2D eigenvalue weighted by Gasteiger charge is 2.11. The molecule has 0 radical (unpaired) electrons. The molecule has 0 saturated heterocycles. The van der Waals surface area contributed by atoms with E-state index in [1.807, 2.05) is 96.7 Å². The fraction of sp³-hybridized carbons (Fsp3) is 0.0417. The zero-order chi connectivity index (χ0) is 20.1. The molecule has 0 spiro atoms. The van der Waals surface area contributed by atoms with Gasteiger partial charge in [0.25, 0.3) is 5.91 Å². The van der Waals surface area contributed by atoms with Gasteiger partial charge in [-0.25, -0.2) is 10.1 Å². The van der Waals surface area contributed by atoms with Crippen molar-refractivity contribution in [3.8, 4) is 16.9 Å². The average molecular weight is 380 g/mol. The lowest BCUT2D eigenvalue weighted by molar-refractivity contribution is 0.0954. The number of rotatable bonds is 5. The molecule has 29 heavy (non-hydrogen) atoms. The number of carbonyl (C=O) groups is 1. The Kier molecular flexibility index (Phi) is 5.29. The average Bonchev–Trinajstić information content (AvgIpc) is 3.19. The quantitative estimate of drug-likeness (QED) is 0.406. The first-order valence-corrected chi connectivity index (χ1v) is 9.32. The Balaban J connectivity index is 1.63. The third kappa shape index (κ3) is 4.14. The van der Waals surface area contributed by atoms with Crippen molar-refractivity contribution in [2.75, 3.05) is 0 Å². The molecule has 1 N–H and O–H groups in total. The summed E-state index contributed by atoms with van der Waals surface area (Å²) >= 11 is 0. The van der Waals surface area contributed by atoms with Gasteiger partial charge >= 0.3 is 0 Å². The van der Waals surface area contributed by atoms with Crippen LogP contribution in [0.5, 0.6) is 0 Å². The number of hydrazone groups is 1. The van der Waals surface area contributed by atoms with Crippen LogP contribution in [0.2, 0.25) is 0 Å². The lowest BCUT2D eigenvalue weighted by Gasteiger charge is -2.03. The molecule has 0 aliphatic rings. The molecule has 1 heterocycles. The van der Waals surface area contributed by atoms with Crippen molar-refractivity contribution in [1.82, 2.24) is 15.2 Å². The summed E-state index contributed by atoms with van der Waals surface area (Å²) in [4.78, 5) is 12.4. The van der Waals surface area contributed by atoms with Crippen LogP contribution in [0.25, 0.3) is 16.9 Å². The van der Waals surface area contributed by atoms with E-state index in [-0.39, 0.29) is 5.91 Å². The lowest BCUT2D eigenvalue weighted by atomic mass is 10.1. The van der Waals surface area contributed by atoms with E-state index < -0.39 is 0 Å². The molecule has 0 aliphatic carbocycles. The fourth-order valence-corrected chi connectivity index (χ4v) is 3.06. The first-order chi connectivity index (χ1) is 14.2. The maximum Gasteiger partial charge on any atom is 0.271 e. The van der Waals surface area contributed by atoms with E-state index in [2.05, 4.69) is 10.5 Å². The third-order valence-electron chi connectivity index (χ3n) is 4.57. The van der Waals surface area contributed by atoms with Crippen LogP contribution in [0.4, 0.5) is 0 Å². The van der Waals surface area contributed by atoms with Crippen LogP contribution in [0.15, 0.2) is 96.2 Å². The van der Waals surface area contributed by atoms with Gasteiger partial charge in [-0.05, 0) is 30.7 Å². The number of carbonyl (C=O) groups excluding carboxylic acids is 1. The molecule has 0 atom stereocenters. The smallest absolute Gasteiger partial charge is 0.267 e. The summed E-state index contributed by atoms with van der Waals surface area (Å²) in [5, 5.41) is 8.91. The van der Waals surface area contributed by atoms with Crippen LogP contribution in [0.3, 0.4) is 0 Å². The van der Waals surface area contributed by atoms with Gasteiger partial charge in [0, 0.05) is 22.9 Å². The molecule has 4 aromatic rings. The second-order valence-electron chi connectivity index (χ2n) is 6.59. The number of para-hydroxylation sites is 1. The van der Waals surface area contributed by atoms with Gasteiger partial charge in [-0.1, -0.05) is 66.7 Å². The standard InChI is InChI=1S/C24H20N4O/c1-18-10-8-9-15-22(18)24(29)26-25-16-20-17-28(21-13-6-3-7-14-21)27-23(20)19-11-4-2-5-12-19/h2-17H,1H3,(H,26,29)/b25-16-. The molecule has 0 fully saturated rings. The molecule has 0 bridgehead atoms. The number of aromatic nitrogens is 2. The summed E-state index contributed by atoms with van der Waals surface area (Å²) in [7, 11) is 0. The molecule has 0 aliphatic heterocycles. The maximum absolute atomic E-state index is 12.4. The molecule has 1 amide bonds. The van der Waals surface area contributed by atoms with Crippen LogP contribution in [0, 0.1) is 6.92 Å². The van der Waals surface area contributed by atoms with Crippen molar-refractivity contribution in [3.05, 3.63) is 108 Å². The Bertz CT molecular complexity index is 1150. The zero-order valence-electron chi connectivity index (χ0n) is 16.0. The Hall–Kier alpha value is -3.99. The summed E-state index contributed by atoms with van der Waals surface area (Å²) in [6, 6.07) is 27.2. The predicted molar refractivity (Wildman–Crippen MR) is 115 cm³/mol. The summed E-state index contributed by atoms with van der Waals surface area (Å²) < 4.78 is 1.81. The first-order valence-electron chi connectivity index (χ1n) is 9.32. The Morgan fingerprint density at radius 2 is 1.59 bits per heavy atom. The molecular formula is C24H20N4O. The van der Waals surface area contributed by atoms with Crippen LogP contribution in [0.1, 0.15) is 21.5 Å². The van der Waals surface area contributed by atoms with Crippen LogP contribution < -0.4 is 5.43 Å². The van der Waals surface area contributed by atoms with E-state index in [0.29, 0.717) is 5.56 Å². The van der Waals surface area contributed by atoms with E-state index in [4.69, 9.17) is 5.10 Å². The molecule has 4 rings (SSSR count). The minimum atomic E-state index is -0.240. The Morgan fingerprint density at radius 3 is 2.31 bits per heavy atom. The summed E-state index contributed by atoms with van der Waals surface area (Å²) in [6.45, 7) is 1.90. The van der Waals surface area contributed by atoms with E-state index in [9.17, 15) is 4.79 Å². The summed E-state index contributed by atoms with van der Waals surface area (Å²) in [5.74, 6) is -0.240. The zero-order valence-corrected chi connectivity index (χ0v) is 16.0. The van der Waals surface area contributed by atoms with Crippen LogP contribution in [-0.2, 0) is 0 Å². The highest BCUT2D eigenvalue weighted by atomic mass is 16.2. The highest BCUT2D eigenvalue weighted by molar-refractivity contribution is 5.96. The molecule has 0 unspecified atom stereocenters. The first kappa shape index (κ1) is 18.4. The van der Waals surface area contributed by atoms with Crippen molar-refractivity contribution in [2.45, 2.75) is 6.92 Å². The fourth-order valence-electron chi connectivity index (χ4n) is 3.06. The molecule has 142 valence electrons. The number of benzene rings is 3. The topological polar surface area (TPSA) is 59.3 Å². The molecule has 0 saturated carbocycles. The molecule has 3 aromatic carbocycles. The summed E-state index contributed by atoms with van der Waals surface area (Å²) in [6.07, 6.45) is 3.53. The number of nitrogens with zero attached hydrogens (tertiary/aromatic N) is 3. The normalized spacial score (nSPS) is 10.9. The van der Waals surface area contributed by atoms with Gasteiger partial charge in [0.2, 0.25) is 0 Å². The van der Waals surface area contributed by atoms with Gasteiger partial charge in [0.1, 0.15) is 5.69 Å². The number of amides is 1. The van der Waals surface area contributed by atoms with Gasteiger partial charge < -0.3 is 0 Å². The van der Waals surface area contributed by atoms with Gasteiger partial charge in [-0.3, -0.25) is 4.79 Å². The van der Waals surface area contributed by atoms with Crippen molar-refractivity contribution < 1.29 is 4.79 Å². The van der Waals surface area contributed by atoms with E-state index in [0.717, 1.165) is 28.1 Å². The van der Waals surface area contributed by atoms with Gasteiger partial charge in [-0.2, -0.15) is 10.2 Å². The monoisotopic (exact) mass is 380 g/mol. The SMILES string of the molecule is Cc1ccccc1C(=O)N/N=C\c1cn(-c2ccccc2)nc1-c1ccccc1. The molecular weight excluding hydrogens is 360 g/mol. The third-order valence-corrected chi connectivity index (χ3v) is 4.57. The molecule has 5 heteroatoms. The van der Waals surface area contributed by atoms with Gasteiger partial charge in [0.05, 0.1) is 11.9 Å². The Morgan fingerprint density at radius 1 is 0.931 bits per heavy atom. The number of hydrogen-bond donors (Lipinski definition) is 1. The van der Waals surface area contributed by atoms with Gasteiger partial charge in [-0.15, -0.1) is 0 Å². The second-order valence-corrected chi connectivity index (χ2v) is 6.59. The minimum absolute atomic E-state index is 0.240. The predicted octanol–water partition coefficient (Wildman–Crippen LogP) is 4.61.